The van der Waals surface area contributed by atoms with Gasteiger partial charge in [-0.2, -0.15) is 4.98 Å². The summed E-state index contributed by atoms with van der Waals surface area (Å²) in [6.07, 6.45) is 0. The van der Waals surface area contributed by atoms with Gasteiger partial charge >= 0.3 is 0 Å². The number of hydrogen-bond donors (Lipinski definition) is 1. The van der Waals surface area contributed by atoms with Crippen molar-refractivity contribution in [2.24, 2.45) is 5.73 Å². The van der Waals surface area contributed by atoms with Gasteiger partial charge in [-0.3, -0.25) is 0 Å². The Morgan fingerprint density at radius 3 is 2.53 bits per heavy atom. The summed E-state index contributed by atoms with van der Waals surface area (Å²) in [7, 11) is 1.52. The van der Waals surface area contributed by atoms with E-state index in [1.807, 2.05) is 0 Å². The summed E-state index contributed by atoms with van der Waals surface area (Å²) >= 11 is 0. The number of nitrogens with two attached hydrogens (primary N) is 1. The number of halogens is 1. The Labute approximate surface area is 98.3 Å². The maximum Gasteiger partial charge on any atom is 0.216 e. The lowest BCUT2D eigenvalue weighted by Crippen LogP contribution is -2.03. The highest BCUT2D eigenvalue weighted by Gasteiger charge is 2.06. The van der Waals surface area contributed by atoms with Gasteiger partial charge in [0.25, 0.3) is 0 Å². The SMILES string of the molecule is COc1cc(CN)nc(-c2ccc(F)cc2)n1. The largest absolute Gasteiger partial charge is 0.481 e. The van der Waals surface area contributed by atoms with Gasteiger partial charge in [0.05, 0.1) is 12.8 Å². The fraction of sp³-hybridized carbons (Fsp3) is 0.167. The summed E-state index contributed by atoms with van der Waals surface area (Å²) in [6.45, 7) is 0.299. The molecule has 0 saturated carbocycles. The molecule has 0 unspecified atom stereocenters. The van der Waals surface area contributed by atoms with E-state index in [-0.39, 0.29) is 5.82 Å². The minimum Gasteiger partial charge on any atom is -0.481 e. The van der Waals surface area contributed by atoms with E-state index in [1.165, 1.54) is 19.2 Å². The standard InChI is InChI=1S/C12H12FN3O/c1-17-11-6-10(7-14)15-12(16-11)8-2-4-9(13)5-3-8/h2-6H,7,14H2,1H3. The zero-order valence-electron chi connectivity index (χ0n) is 9.35. The molecule has 2 N–H and O–H groups in total. The summed E-state index contributed by atoms with van der Waals surface area (Å²) in [5.74, 6) is 0.625. The zero-order chi connectivity index (χ0) is 12.3. The van der Waals surface area contributed by atoms with E-state index in [9.17, 15) is 4.39 Å². The van der Waals surface area contributed by atoms with Crippen LogP contribution in [0.1, 0.15) is 5.69 Å². The van der Waals surface area contributed by atoms with Gasteiger partial charge in [0.2, 0.25) is 5.88 Å². The zero-order valence-corrected chi connectivity index (χ0v) is 9.35. The average molecular weight is 233 g/mol. The first-order chi connectivity index (χ1) is 8.22. The monoisotopic (exact) mass is 233 g/mol. The molecular weight excluding hydrogens is 221 g/mol. The molecule has 0 aliphatic heterocycles. The van der Waals surface area contributed by atoms with Crippen molar-refractivity contribution in [3.8, 4) is 17.3 Å². The van der Waals surface area contributed by atoms with Crippen LogP contribution in [0.2, 0.25) is 0 Å². The third-order valence-corrected chi connectivity index (χ3v) is 2.28. The Balaban J connectivity index is 2.46. The van der Waals surface area contributed by atoms with E-state index in [1.54, 1.807) is 18.2 Å². The van der Waals surface area contributed by atoms with Crippen molar-refractivity contribution in [1.82, 2.24) is 9.97 Å². The summed E-state index contributed by atoms with van der Waals surface area (Å²) in [5, 5.41) is 0. The van der Waals surface area contributed by atoms with Gasteiger partial charge in [-0.1, -0.05) is 0 Å². The van der Waals surface area contributed by atoms with Crippen LogP contribution in [0.4, 0.5) is 4.39 Å². The predicted molar refractivity (Wildman–Crippen MR) is 61.9 cm³/mol. The van der Waals surface area contributed by atoms with Crippen molar-refractivity contribution in [1.29, 1.82) is 0 Å². The molecule has 0 amide bonds. The van der Waals surface area contributed by atoms with Crippen LogP contribution in [0.25, 0.3) is 11.4 Å². The van der Waals surface area contributed by atoms with Gasteiger partial charge in [-0.15, -0.1) is 0 Å². The van der Waals surface area contributed by atoms with Crippen molar-refractivity contribution in [3.63, 3.8) is 0 Å². The van der Waals surface area contributed by atoms with Gasteiger partial charge < -0.3 is 10.5 Å². The first-order valence-electron chi connectivity index (χ1n) is 5.11. The van der Waals surface area contributed by atoms with Crippen LogP contribution >= 0.6 is 0 Å². The number of methoxy groups -OCH3 is 1. The molecule has 88 valence electrons. The van der Waals surface area contributed by atoms with Gasteiger partial charge in [0.15, 0.2) is 5.82 Å². The molecule has 1 aromatic carbocycles. The molecule has 0 fully saturated rings. The molecule has 0 aliphatic carbocycles. The Bertz CT molecular complexity index is 491. The van der Waals surface area contributed by atoms with Crippen LogP contribution in [0.3, 0.4) is 0 Å². The molecule has 2 aromatic rings. The van der Waals surface area contributed by atoms with Crippen molar-refractivity contribution in [2.45, 2.75) is 6.54 Å². The molecule has 0 bridgehead atoms. The van der Waals surface area contributed by atoms with Crippen molar-refractivity contribution < 1.29 is 9.13 Å². The number of rotatable bonds is 3. The second-order valence-corrected chi connectivity index (χ2v) is 3.44. The number of ether oxygens (including phenoxy) is 1. The second-order valence-electron chi connectivity index (χ2n) is 3.44. The van der Waals surface area contributed by atoms with Crippen molar-refractivity contribution >= 4 is 0 Å². The molecule has 1 aromatic heterocycles. The molecular formula is C12H12FN3O. The normalized spacial score (nSPS) is 10.3. The Morgan fingerprint density at radius 1 is 1.24 bits per heavy atom. The quantitative estimate of drug-likeness (QED) is 0.877. The Morgan fingerprint density at radius 2 is 1.94 bits per heavy atom. The first-order valence-corrected chi connectivity index (χ1v) is 5.11. The number of benzene rings is 1. The topological polar surface area (TPSA) is 61.0 Å². The number of aromatic nitrogens is 2. The van der Waals surface area contributed by atoms with Gasteiger partial charge in [-0.05, 0) is 24.3 Å². The molecule has 2 rings (SSSR count). The average Bonchev–Trinajstić information content (AvgIpc) is 2.39. The van der Waals surface area contributed by atoms with Gasteiger partial charge in [0, 0.05) is 18.2 Å². The van der Waals surface area contributed by atoms with Gasteiger partial charge in [0.1, 0.15) is 5.82 Å². The lowest BCUT2D eigenvalue weighted by molar-refractivity contribution is 0.396. The minimum absolute atomic E-state index is 0.296. The summed E-state index contributed by atoms with van der Waals surface area (Å²) in [6, 6.07) is 7.63. The smallest absolute Gasteiger partial charge is 0.216 e. The fourth-order valence-corrected chi connectivity index (χ4v) is 1.41. The molecule has 0 aliphatic rings. The van der Waals surface area contributed by atoms with Crippen molar-refractivity contribution in [3.05, 3.63) is 41.8 Å². The van der Waals surface area contributed by atoms with E-state index in [0.29, 0.717) is 23.9 Å². The molecule has 0 atom stereocenters. The second kappa shape index (κ2) is 4.88. The van der Waals surface area contributed by atoms with Crippen LogP contribution in [-0.4, -0.2) is 17.1 Å². The molecule has 0 spiro atoms. The van der Waals surface area contributed by atoms with E-state index >= 15 is 0 Å². The summed E-state index contributed by atoms with van der Waals surface area (Å²) in [4.78, 5) is 8.45. The van der Waals surface area contributed by atoms with E-state index < -0.39 is 0 Å². The van der Waals surface area contributed by atoms with Gasteiger partial charge in [-0.25, -0.2) is 9.37 Å². The predicted octanol–water partition coefficient (Wildman–Crippen LogP) is 1.75. The third-order valence-electron chi connectivity index (χ3n) is 2.28. The molecule has 17 heavy (non-hydrogen) atoms. The van der Waals surface area contributed by atoms with E-state index in [0.717, 1.165) is 5.56 Å². The number of nitrogens with zero attached hydrogens (tertiary/aromatic N) is 2. The van der Waals surface area contributed by atoms with Crippen molar-refractivity contribution in [2.75, 3.05) is 7.11 Å². The van der Waals surface area contributed by atoms with Crippen LogP contribution in [0.15, 0.2) is 30.3 Å². The maximum absolute atomic E-state index is 12.8. The highest BCUT2D eigenvalue weighted by atomic mass is 19.1. The van der Waals surface area contributed by atoms with Crippen LogP contribution in [0.5, 0.6) is 5.88 Å². The van der Waals surface area contributed by atoms with Crippen LogP contribution in [0, 0.1) is 5.82 Å². The Kier molecular flexibility index (Phi) is 3.30. The lowest BCUT2D eigenvalue weighted by Gasteiger charge is -2.06. The molecule has 0 radical (unpaired) electrons. The van der Waals surface area contributed by atoms with Crippen LogP contribution in [-0.2, 0) is 6.54 Å². The summed E-state index contributed by atoms with van der Waals surface area (Å²) < 4.78 is 17.9. The summed E-state index contributed by atoms with van der Waals surface area (Å²) in [5.41, 5.74) is 6.94. The molecule has 1 heterocycles. The molecule has 0 saturated heterocycles. The highest BCUT2D eigenvalue weighted by Crippen LogP contribution is 2.19. The first kappa shape index (κ1) is 11.5. The highest BCUT2D eigenvalue weighted by molar-refractivity contribution is 5.55. The molecule has 4 nitrogen and oxygen atoms in total. The van der Waals surface area contributed by atoms with E-state index in [4.69, 9.17) is 10.5 Å². The van der Waals surface area contributed by atoms with Crippen LogP contribution < -0.4 is 10.5 Å². The minimum atomic E-state index is -0.296. The Hall–Kier alpha value is -2.01. The lowest BCUT2D eigenvalue weighted by atomic mass is 10.2. The fourth-order valence-electron chi connectivity index (χ4n) is 1.41. The maximum atomic E-state index is 12.8. The number of hydrogen-bond acceptors (Lipinski definition) is 4. The van der Waals surface area contributed by atoms with E-state index in [2.05, 4.69) is 9.97 Å². The third kappa shape index (κ3) is 2.57. The molecule has 5 heteroatoms.